The summed E-state index contributed by atoms with van der Waals surface area (Å²) in [4.78, 5) is 28.7. The van der Waals surface area contributed by atoms with E-state index in [1.165, 1.54) is 12.4 Å². The number of Topliss-reactive ketones (excluding diaryl/α,β-unsaturated/α-hetero) is 1. The molecule has 3 fully saturated rings. The highest BCUT2D eigenvalue weighted by molar-refractivity contribution is 6.00. The molecule has 164 valence electrons. The summed E-state index contributed by atoms with van der Waals surface area (Å²) in [5.74, 6) is -0.168. The second-order valence-electron chi connectivity index (χ2n) is 9.18. The van der Waals surface area contributed by atoms with Gasteiger partial charge in [-0.15, -0.1) is 0 Å². The van der Waals surface area contributed by atoms with Crippen LogP contribution in [0.15, 0.2) is 36.7 Å². The number of pyridine rings is 1. The molecule has 0 spiro atoms. The number of ketones is 1. The van der Waals surface area contributed by atoms with Crippen LogP contribution in [0.5, 0.6) is 0 Å². The number of fused-ring (bicyclic) bond motifs is 1. The third kappa shape index (κ3) is 3.48. The number of carbonyl (C=O) groups is 2. The van der Waals surface area contributed by atoms with E-state index in [4.69, 9.17) is 10.5 Å². The third-order valence-electron chi connectivity index (χ3n) is 6.53. The fourth-order valence-corrected chi connectivity index (χ4v) is 5.48. The van der Waals surface area contributed by atoms with Crippen LogP contribution in [-0.2, 0) is 4.79 Å². The van der Waals surface area contributed by atoms with Gasteiger partial charge in [0.2, 0.25) is 0 Å². The quantitative estimate of drug-likeness (QED) is 0.540. The highest BCUT2D eigenvalue weighted by Crippen LogP contribution is 2.70. The zero-order valence-electron chi connectivity index (χ0n) is 18.1. The second-order valence-corrected chi connectivity index (χ2v) is 9.18. The summed E-state index contributed by atoms with van der Waals surface area (Å²) in [5.41, 5.74) is 3.55. The first-order chi connectivity index (χ1) is 15.9. The maximum Gasteiger partial charge on any atom is 0.255 e. The Kier molecular flexibility index (Phi) is 4.64. The summed E-state index contributed by atoms with van der Waals surface area (Å²) < 4.78 is 1.70. The van der Waals surface area contributed by atoms with Crippen molar-refractivity contribution in [2.24, 2.45) is 5.41 Å². The number of anilines is 1. The van der Waals surface area contributed by atoms with Crippen LogP contribution in [0.2, 0.25) is 0 Å². The summed E-state index contributed by atoms with van der Waals surface area (Å²) in [7, 11) is 0. The summed E-state index contributed by atoms with van der Waals surface area (Å²) in [5, 5.41) is 28.4. The van der Waals surface area contributed by atoms with Gasteiger partial charge in [0.1, 0.15) is 18.4 Å². The highest BCUT2D eigenvalue weighted by Gasteiger charge is 2.67. The number of nitrogens with zero attached hydrogens (tertiary/aromatic N) is 5. The molecule has 9 heteroatoms. The molecule has 2 N–H and O–H groups in total. The van der Waals surface area contributed by atoms with Gasteiger partial charge >= 0.3 is 0 Å². The van der Waals surface area contributed by atoms with Crippen LogP contribution in [0, 0.1) is 28.1 Å². The van der Waals surface area contributed by atoms with Gasteiger partial charge in [-0.05, 0) is 55.9 Å². The largest absolute Gasteiger partial charge is 0.379 e. The standard InChI is InChI=1S/C24H21N7O2/c1-15(32)8-23-12-24(13-23,14-23)30-19-7-20(28-11-18(19)22(33)27-5-4-25)21-3-2-17-6-16(9-26)10-29-31(17)21/h2-3,6-7,10-11H,5,8,12-14H2,1H3,(H,27,33)(H,28,30). The van der Waals surface area contributed by atoms with E-state index in [2.05, 4.69) is 26.8 Å². The molecule has 3 aliphatic rings. The van der Waals surface area contributed by atoms with E-state index in [1.54, 1.807) is 17.5 Å². The summed E-state index contributed by atoms with van der Waals surface area (Å²) in [6, 6.07) is 11.3. The van der Waals surface area contributed by atoms with Crippen molar-refractivity contribution in [1.29, 1.82) is 10.5 Å². The molecule has 3 aromatic heterocycles. The van der Waals surface area contributed by atoms with Crippen molar-refractivity contribution in [2.45, 2.75) is 38.1 Å². The maximum atomic E-state index is 12.7. The lowest BCUT2D eigenvalue weighted by molar-refractivity contribution is -0.144. The summed E-state index contributed by atoms with van der Waals surface area (Å²) in [6.07, 6.45) is 6.27. The van der Waals surface area contributed by atoms with Crippen molar-refractivity contribution < 1.29 is 9.59 Å². The highest BCUT2D eigenvalue weighted by atomic mass is 16.1. The number of hydrogen-bond donors (Lipinski definition) is 2. The number of nitrogens with one attached hydrogen (secondary N) is 2. The first-order valence-corrected chi connectivity index (χ1v) is 10.7. The van der Waals surface area contributed by atoms with Crippen LogP contribution < -0.4 is 10.6 Å². The fraction of sp³-hybridized carbons (Fsp3) is 0.333. The molecule has 0 unspecified atom stereocenters. The Balaban J connectivity index is 1.48. The molecule has 3 aromatic rings. The van der Waals surface area contributed by atoms with Crippen molar-refractivity contribution in [3.63, 3.8) is 0 Å². The van der Waals surface area contributed by atoms with E-state index in [9.17, 15) is 9.59 Å². The molecule has 0 radical (unpaired) electrons. The number of aromatic nitrogens is 3. The average Bonchev–Trinajstić information content (AvgIpc) is 3.18. The van der Waals surface area contributed by atoms with Crippen molar-refractivity contribution in [3.8, 4) is 23.5 Å². The minimum absolute atomic E-state index is 0.0953. The molecule has 3 heterocycles. The van der Waals surface area contributed by atoms with E-state index in [0.29, 0.717) is 28.9 Å². The normalized spacial score (nSPS) is 22.4. The minimum Gasteiger partial charge on any atom is -0.379 e. The molecule has 0 saturated heterocycles. The Hall–Kier alpha value is -4.24. The molecule has 6 rings (SSSR count). The molecule has 0 aromatic carbocycles. The van der Waals surface area contributed by atoms with Crippen LogP contribution in [0.3, 0.4) is 0 Å². The van der Waals surface area contributed by atoms with Crippen molar-refractivity contribution in [3.05, 3.63) is 47.8 Å². The summed E-state index contributed by atoms with van der Waals surface area (Å²) in [6.45, 7) is 1.53. The molecular weight excluding hydrogens is 418 g/mol. The average molecular weight is 439 g/mol. The SMILES string of the molecule is CC(=O)CC12CC(Nc3cc(-c4ccc5cc(C#N)cnn45)ncc3C(=O)NCC#N)(C1)C2. The van der Waals surface area contributed by atoms with Gasteiger partial charge < -0.3 is 15.4 Å². The number of amides is 1. The summed E-state index contributed by atoms with van der Waals surface area (Å²) >= 11 is 0. The molecule has 0 atom stereocenters. The zero-order chi connectivity index (χ0) is 23.2. The van der Waals surface area contributed by atoms with Gasteiger partial charge in [0, 0.05) is 18.2 Å². The van der Waals surface area contributed by atoms with Gasteiger partial charge in [0.05, 0.1) is 46.0 Å². The molecule has 1 amide bonds. The maximum absolute atomic E-state index is 12.7. The lowest BCUT2D eigenvalue weighted by Gasteiger charge is -2.71. The van der Waals surface area contributed by atoms with Gasteiger partial charge in [-0.25, -0.2) is 4.52 Å². The monoisotopic (exact) mass is 439 g/mol. The number of nitriles is 2. The molecule has 9 nitrogen and oxygen atoms in total. The minimum atomic E-state index is -0.375. The van der Waals surface area contributed by atoms with Crippen molar-refractivity contribution in [2.75, 3.05) is 11.9 Å². The van der Waals surface area contributed by atoms with Crippen LogP contribution in [0.4, 0.5) is 5.69 Å². The zero-order valence-corrected chi connectivity index (χ0v) is 18.1. The Morgan fingerprint density at radius 1 is 1.18 bits per heavy atom. The number of rotatable bonds is 7. The van der Waals surface area contributed by atoms with Gasteiger partial charge in [0.15, 0.2) is 0 Å². The van der Waals surface area contributed by atoms with Gasteiger partial charge in [-0.2, -0.15) is 15.6 Å². The van der Waals surface area contributed by atoms with Crippen LogP contribution in [0.1, 0.15) is 48.5 Å². The van der Waals surface area contributed by atoms with E-state index in [0.717, 1.165) is 30.5 Å². The molecular formula is C24H21N7O2. The van der Waals surface area contributed by atoms with Crippen LogP contribution >= 0.6 is 0 Å². The Morgan fingerprint density at radius 2 is 1.97 bits per heavy atom. The first kappa shape index (κ1) is 20.7. The molecule has 33 heavy (non-hydrogen) atoms. The Morgan fingerprint density at radius 3 is 2.67 bits per heavy atom. The van der Waals surface area contributed by atoms with Gasteiger partial charge in [-0.1, -0.05) is 0 Å². The molecule has 3 saturated carbocycles. The lowest BCUT2D eigenvalue weighted by Crippen LogP contribution is -2.71. The molecule has 2 bridgehead atoms. The lowest BCUT2D eigenvalue weighted by atomic mass is 9.38. The van der Waals surface area contributed by atoms with E-state index < -0.39 is 0 Å². The molecule has 0 aliphatic heterocycles. The third-order valence-corrected chi connectivity index (χ3v) is 6.53. The Labute approximate surface area is 190 Å². The first-order valence-electron chi connectivity index (χ1n) is 10.7. The van der Waals surface area contributed by atoms with E-state index >= 15 is 0 Å². The van der Waals surface area contributed by atoms with Crippen molar-refractivity contribution >= 4 is 22.9 Å². The van der Waals surface area contributed by atoms with E-state index in [1.807, 2.05) is 24.3 Å². The molecule has 3 aliphatic carbocycles. The smallest absolute Gasteiger partial charge is 0.255 e. The van der Waals surface area contributed by atoms with Gasteiger partial charge in [0.25, 0.3) is 5.91 Å². The predicted octanol–water partition coefficient (Wildman–Crippen LogP) is 2.84. The second kappa shape index (κ2) is 7.42. The van der Waals surface area contributed by atoms with Crippen LogP contribution in [-0.4, -0.2) is 38.4 Å². The topological polar surface area (TPSA) is 136 Å². The fourth-order valence-electron chi connectivity index (χ4n) is 5.48. The predicted molar refractivity (Wildman–Crippen MR) is 119 cm³/mol. The van der Waals surface area contributed by atoms with Gasteiger partial charge in [-0.3, -0.25) is 9.78 Å². The number of carbonyl (C=O) groups excluding carboxylic acids is 2. The van der Waals surface area contributed by atoms with Crippen LogP contribution in [0.25, 0.3) is 16.9 Å². The van der Waals surface area contributed by atoms with E-state index in [-0.39, 0.29) is 29.2 Å². The van der Waals surface area contributed by atoms with Crippen molar-refractivity contribution in [1.82, 2.24) is 19.9 Å². The Bertz CT molecular complexity index is 1370. The number of hydrogen-bond acceptors (Lipinski definition) is 7.